The van der Waals surface area contributed by atoms with Gasteiger partial charge in [0.15, 0.2) is 11.6 Å². The van der Waals surface area contributed by atoms with Crippen LogP contribution in [0.25, 0.3) is 17.6 Å². The van der Waals surface area contributed by atoms with E-state index in [9.17, 15) is 4.79 Å². The van der Waals surface area contributed by atoms with Crippen LogP contribution in [0, 0.1) is 0 Å². The Bertz CT molecular complexity index is 677. The van der Waals surface area contributed by atoms with Gasteiger partial charge in [0.05, 0.1) is 6.10 Å². The van der Waals surface area contributed by atoms with Crippen LogP contribution >= 0.6 is 11.6 Å². The molecule has 0 saturated carbocycles. The van der Waals surface area contributed by atoms with Gasteiger partial charge in [0.25, 0.3) is 0 Å². The quantitative estimate of drug-likeness (QED) is 0.794. The Kier molecular flexibility index (Phi) is 4.75. The number of carbonyl (C=O) groups is 1. The summed E-state index contributed by atoms with van der Waals surface area (Å²) >= 11 is 6.09. The third-order valence-electron chi connectivity index (χ3n) is 2.47. The lowest BCUT2D eigenvalue weighted by Crippen LogP contribution is -2.05. The lowest BCUT2D eigenvalue weighted by molar-refractivity contribution is -0.112. The van der Waals surface area contributed by atoms with E-state index in [1.807, 2.05) is 19.9 Å². The molecule has 0 N–H and O–H groups in total. The minimum atomic E-state index is -0.0533. The monoisotopic (exact) mass is 305 g/mol. The fourth-order valence-corrected chi connectivity index (χ4v) is 1.92. The van der Waals surface area contributed by atoms with E-state index in [-0.39, 0.29) is 11.9 Å². The van der Waals surface area contributed by atoms with Crippen LogP contribution in [0.3, 0.4) is 0 Å². The second kappa shape index (κ2) is 6.54. The van der Waals surface area contributed by atoms with Crippen molar-refractivity contribution in [3.05, 3.63) is 35.6 Å². The van der Waals surface area contributed by atoms with E-state index in [1.165, 1.54) is 24.0 Å². The predicted octanol–water partition coefficient (Wildman–Crippen LogP) is 3.45. The van der Waals surface area contributed by atoms with Crippen LogP contribution in [0.2, 0.25) is 5.02 Å². The number of rotatable bonds is 5. The zero-order valence-corrected chi connectivity index (χ0v) is 12.8. The number of halogens is 1. The van der Waals surface area contributed by atoms with Crippen molar-refractivity contribution in [2.75, 3.05) is 0 Å². The first-order chi connectivity index (χ1) is 9.94. The molecule has 0 atom stereocenters. The largest absolute Gasteiger partial charge is 0.491 e. The summed E-state index contributed by atoms with van der Waals surface area (Å²) in [5, 5.41) is 4.82. The number of aromatic nitrogens is 3. The summed E-state index contributed by atoms with van der Waals surface area (Å²) in [6.45, 7) is 5.36. The summed E-state index contributed by atoms with van der Waals surface area (Å²) in [6, 6.07) is 5.35. The highest BCUT2D eigenvalue weighted by Crippen LogP contribution is 2.27. The first-order valence-electron chi connectivity index (χ1n) is 6.51. The SMILES string of the molecule is CC(=O)C=Cn1cnc(-c2cc(Cl)cc(OC(C)C)c2)n1. The van der Waals surface area contributed by atoms with Crippen molar-refractivity contribution in [2.45, 2.75) is 26.9 Å². The van der Waals surface area contributed by atoms with E-state index < -0.39 is 0 Å². The molecule has 0 aliphatic carbocycles. The van der Waals surface area contributed by atoms with E-state index >= 15 is 0 Å². The van der Waals surface area contributed by atoms with Gasteiger partial charge in [-0.05, 0) is 45.0 Å². The maximum absolute atomic E-state index is 10.9. The molecule has 0 bridgehead atoms. The maximum atomic E-state index is 10.9. The van der Waals surface area contributed by atoms with Crippen LogP contribution < -0.4 is 4.74 Å². The summed E-state index contributed by atoms with van der Waals surface area (Å²) in [5.74, 6) is 1.13. The molecule has 0 fully saturated rings. The first kappa shape index (κ1) is 15.3. The molecular weight excluding hydrogens is 290 g/mol. The van der Waals surface area contributed by atoms with Crippen molar-refractivity contribution < 1.29 is 9.53 Å². The van der Waals surface area contributed by atoms with Crippen molar-refractivity contribution in [2.24, 2.45) is 0 Å². The third kappa shape index (κ3) is 4.43. The molecule has 0 radical (unpaired) electrons. The number of hydrogen-bond donors (Lipinski definition) is 0. The normalized spacial score (nSPS) is 11.3. The summed E-state index contributed by atoms with van der Waals surface area (Å²) in [5.41, 5.74) is 0.758. The minimum absolute atomic E-state index is 0.0533. The van der Waals surface area contributed by atoms with Crippen molar-refractivity contribution in [3.63, 3.8) is 0 Å². The summed E-state index contributed by atoms with van der Waals surface area (Å²) in [7, 11) is 0. The molecule has 21 heavy (non-hydrogen) atoms. The number of carbonyl (C=O) groups excluding carboxylic acids is 1. The zero-order valence-electron chi connectivity index (χ0n) is 12.1. The van der Waals surface area contributed by atoms with Gasteiger partial charge in [-0.3, -0.25) is 4.79 Å². The molecule has 0 aliphatic heterocycles. The molecule has 0 aliphatic rings. The smallest absolute Gasteiger partial charge is 0.181 e. The Balaban J connectivity index is 2.29. The number of allylic oxidation sites excluding steroid dienone is 1. The van der Waals surface area contributed by atoms with Crippen molar-refractivity contribution >= 4 is 23.6 Å². The molecule has 0 spiro atoms. The van der Waals surface area contributed by atoms with Crippen LogP contribution in [0.4, 0.5) is 0 Å². The molecule has 0 unspecified atom stereocenters. The Morgan fingerprint density at radius 3 is 2.81 bits per heavy atom. The Hall–Kier alpha value is -2.14. The molecule has 2 aromatic rings. The Morgan fingerprint density at radius 2 is 2.14 bits per heavy atom. The Morgan fingerprint density at radius 1 is 1.38 bits per heavy atom. The highest BCUT2D eigenvalue weighted by molar-refractivity contribution is 6.31. The molecule has 1 aromatic carbocycles. The van der Waals surface area contributed by atoms with E-state index in [1.54, 1.807) is 18.3 Å². The number of ketones is 1. The zero-order chi connectivity index (χ0) is 15.4. The molecule has 5 nitrogen and oxygen atoms in total. The highest BCUT2D eigenvalue weighted by Gasteiger charge is 2.08. The van der Waals surface area contributed by atoms with Gasteiger partial charge in [0.1, 0.15) is 12.1 Å². The fourth-order valence-electron chi connectivity index (χ4n) is 1.69. The van der Waals surface area contributed by atoms with Gasteiger partial charge >= 0.3 is 0 Å². The molecule has 1 aromatic heterocycles. The number of nitrogens with zero attached hydrogens (tertiary/aromatic N) is 3. The van der Waals surface area contributed by atoms with E-state index in [2.05, 4.69) is 10.1 Å². The molecule has 2 rings (SSSR count). The van der Waals surface area contributed by atoms with Gasteiger partial charge < -0.3 is 4.74 Å². The van der Waals surface area contributed by atoms with E-state index in [0.717, 1.165) is 5.56 Å². The van der Waals surface area contributed by atoms with Gasteiger partial charge in [0, 0.05) is 16.8 Å². The summed E-state index contributed by atoms with van der Waals surface area (Å²) < 4.78 is 7.11. The predicted molar refractivity (Wildman–Crippen MR) is 82.2 cm³/mol. The fraction of sp³-hybridized carbons (Fsp3) is 0.267. The van der Waals surface area contributed by atoms with Gasteiger partial charge in [-0.25, -0.2) is 9.67 Å². The highest BCUT2D eigenvalue weighted by atomic mass is 35.5. The lowest BCUT2D eigenvalue weighted by Gasteiger charge is -2.10. The van der Waals surface area contributed by atoms with Gasteiger partial charge in [-0.15, -0.1) is 5.10 Å². The summed E-state index contributed by atoms with van der Waals surface area (Å²) in [6.07, 6.45) is 4.55. The van der Waals surface area contributed by atoms with Crippen molar-refractivity contribution in [3.8, 4) is 17.1 Å². The topological polar surface area (TPSA) is 57.0 Å². The minimum Gasteiger partial charge on any atom is -0.491 e. The molecular formula is C15H16ClN3O2. The van der Waals surface area contributed by atoms with Gasteiger partial charge in [-0.1, -0.05) is 11.6 Å². The number of hydrogen-bond acceptors (Lipinski definition) is 4. The van der Waals surface area contributed by atoms with Gasteiger partial charge in [-0.2, -0.15) is 0 Å². The standard InChI is InChI=1S/C15H16ClN3O2/c1-10(2)21-14-7-12(6-13(16)8-14)15-17-9-19(18-15)5-4-11(3)20/h4-10H,1-3H3. The second-order valence-corrected chi connectivity index (χ2v) is 5.25. The molecule has 6 heteroatoms. The van der Waals surface area contributed by atoms with Crippen LogP contribution in [0.5, 0.6) is 5.75 Å². The van der Waals surface area contributed by atoms with Crippen LogP contribution in [0.15, 0.2) is 30.6 Å². The van der Waals surface area contributed by atoms with E-state index in [4.69, 9.17) is 16.3 Å². The van der Waals surface area contributed by atoms with Crippen LogP contribution in [-0.2, 0) is 4.79 Å². The van der Waals surface area contributed by atoms with E-state index in [0.29, 0.717) is 16.6 Å². The molecule has 0 amide bonds. The molecule has 1 heterocycles. The second-order valence-electron chi connectivity index (χ2n) is 4.82. The lowest BCUT2D eigenvalue weighted by atomic mass is 10.2. The Labute approximate surface area is 128 Å². The number of benzene rings is 1. The van der Waals surface area contributed by atoms with Crippen molar-refractivity contribution in [1.82, 2.24) is 14.8 Å². The number of ether oxygens (including phenoxy) is 1. The molecule has 110 valence electrons. The first-order valence-corrected chi connectivity index (χ1v) is 6.89. The van der Waals surface area contributed by atoms with Gasteiger partial charge in [0.2, 0.25) is 0 Å². The average Bonchev–Trinajstić information content (AvgIpc) is 2.83. The molecule has 0 saturated heterocycles. The van der Waals surface area contributed by atoms with Crippen LogP contribution in [0.1, 0.15) is 20.8 Å². The van der Waals surface area contributed by atoms with Crippen molar-refractivity contribution in [1.29, 1.82) is 0 Å². The average molecular weight is 306 g/mol. The summed E-state index contributed by atoms with van der Waals surface area (Å²) in [4.78, 5) is 15.1. The van der Waals surface area contributed by atoms with Crippen LogP contribution in [-0.4, -0.2) is 26.7 Å². The third-order valence-corrected chi connectivity index (χ3v) is 2.69. The maximum Gasteiger partial charge on any atom is 0.181 e.